The fourth-order valence-corrected chi connectivity index (χ4v) is 2.35. The molecule has 4 heteroatoms. The molecular weight excluding hydrogens is 328 g/mol. The van der Waals surface area contributed by atoms with Crippen molar-refractivity contribution < 1.29 is 19.4 Å². The number of unbranched alkanes of at least 4 members (excludes halogenated alkanes) is 1. The van der Waals surface area contributed by atoms with Crippen molar-refractivity contribution in [2.45, 2.75) is 39.5 Å². The highest BCUT2D eigenvalue weighted by molar-refractivity contribution is 5.93. The van der Waals surface area contributed by atoms with Gasteiger partial charge in [-0.3, -0.25) is 0 Å². The lowest BCUT2D eigenvalue weighted by molar-refractivity contribution is -0.140. The molecule has 1 unspecified atom stereocenters. The first-order valence-corrected chi connectivity index (χ1v) is 9.08. The van der Waals surface area contributed by atoms with Gasteiger partial charge in [0.05, 0.1) is 12.2 Å². The fourth-order valence-electron chi connectivity index (χ4n) is 2.35. The zero-order chi connectivity index (χ0) is 19.2. The molecule has 0 spiro atoms. The predicted molar refractivity (Wildman–Crippen MR) is 105 cm³/mol. The van der Waals surface area contributed by atoms with Crippen molar-refractivity contribution in [3.8, 4) is 0 Å². The number of carboxylic acid groups (broad SMARTS) is 1. The standard InChI is InChI=1S/C22H28O4/c1-3-5-10-18(4-2)17-26-22(25)20(13-9-14-21(23)24)16-15-19-11-7-6-8-12-19/h6-9,11-16,18H,3-5,10,17H2,1-2H3,(H,23,24). The number of carboxylic acids is 1. The van der Waals surface area contributed by atoms with E-state index >= 15 is 0 Å². The van der Waals surface area contributed by atoms with Crippen LogP contribution in [0, 0.1) is 5.92 Å². The average Bonchev–Trinajstić information content (AvgIpc) is 2.65. The summed E-state index contributed by atoms with van der Waals surface area (Å²) in [6.07, 6.45) is 11.5. The Bertz CT molecular complexity index is 641. The summed E-state index contributed by atoms with van der Waals surface area (Å²) in [5, 5.41) is 8.71. The van der Waals surface area contributed by atoms with Crippen molar-refractivity contribution in [1.82, 2.24) is 0 Å². The van der Waals surface area contributed by atoms with Crippen LogP contribution < -0.4 is 0 Å². The number of rotatable bonds is 11. The van der Waals surface area contributed by atoms with Gasteiger partial charge in [0.1, 0.15) is 0 Å². The highest BCUT2D eigenvalue weighted by atomic mass is 16.5. The second-order valence-electron chi connectivity index (χ2n) is 6.08. The summed E-state index contributed by atoms with van der Waals surface area (Å²) in [6.45, 7) is 4.62. The smallest absolute Gasteiger partial charge is 0.338 e. The first kappa shape index (κ1) is 21.4. The number of esters is 1. The quantitative estimate of drug-likeness (QED) is 0.343. The Morgan fingerprint density at radius 3 is 2.50 bits per heavy atom. The normalized spacial score (nSPS) is 13.2. The number of aliphatic carboxylic acids is 1. The van der Waals surface area contributed by atoms with Crippen LogP contribution in [0.5, 0.6) is 0 Å². The van der Waals surface area contributed by atoms with Crippen molar-refractivity contribution >= 4 is 18.0 Å². The third-order valence-corrected chi connectivity index (χ3v) is 4.00. The van der Waals surface area contributed by atoms with Crippen LogP contribution >= 0.6 is 0 Å². The van der Waals surface area contributed by atoms with Gasteiger partial charge in [0, 0.05) is 6.08 Å². The summed E-state index contributed by atoms with van der Waals surface area (Å²) in [4.78, 5) is 23.0. The topological polar surface area (TPSA) is 63.6 Å². The molecule has 0 fully saturated rings. The second-order valence-corrected chi connectivity index (χ2v) is 6.08. The van der Waals surface area contributed by atoms with E-state index in [-0.39, 0.29) is 0 Å². The minimum Gasteiger partial charge on any atom is -0.478 e. The van der Waals surface area contributed by atoms with E-state index in [2.05, 4.69) is 13.8 Å². The van der Waals surface area contributed by atoms with E-state index in [1.165, 1.54) is 12.2 Å². The monoisotopic (exact) mass is 356 g/mol. The molecule has 0 bridgehead atoms. The summed E-state index contributed by atoms with van der Waals surface area (Å²) in [5.41, 5.74) is 1.26. The van der Waals surface area contributed by atoms with Crippen molar-refractivity contribution in [1.29, 1.82) is 0 Å². The third kappa shape index (κ3) is 9.02. The van der Waals surface area contributed by atoms with Crippen LogP contribution in [-0.4, -0.2) is 23.7 Å². The minimum absolute atomic E-state index is 0.316. The molecule has 140 valence electrons. The molecular formula is C22H28O4. The number of carbonyl (C=O) groups excluding carboxylic acids is 1. The van der Waals surface area contributed by atoms with Crippen molar-refractivity contribution in [2.75, 3.05) is 6.61 Å². The van der Waals surface area contributed by atoms with Gasteiger partial charge in [-0.25, -0.2) is 9.59 Å². The number of allylic oxidation sites excluding steroid dienone is 2. The fraction of sp³-hybridized carbons (Fsp3) is 0.364. The molecule has 0 aliphatic rings. The predicted octanol–water partition coefficient (Wildman–Crippen LogP) is 5.03. The van der Waals surface area contributed by atoms with E-state index in [4.69, 9.17) is 9.84 Å². The third-order valence-electron chi connectivity index (χ3n) is 4.00. The number of benzene rings is 1. The molecule has 1 aromatic rings. The largest absolute Gasteiger partial charge is 0.478 e. The van der Waals surface area contributed by atoms with Gasteiger partial charge in [-0.2, -0.15) is 0 Å². The van der Waals surface area contributed by atoms with Crippen LogP contribution in [-0.2, 0) is 14.3 Å². The molecule has 0 amide bonds. The van der Waals surface area contributed by atoms with Gasteiger partial charge in [0.15, 0.2) is 0 Å². The second kappa shape index (κ2) is 12.7. The van der Waals surface area contributed by atoms with Crippen LogP contribution in [0.4, 0.5) is 0 Å². The molecule has 1 atom stereocenters. The van der Waals surface area contributed by atoms with Crippen molar-refractivity contribution in [3.63, 3.8) is 0 Å². The lowest BCUT2D eigenvalue weighted by Gasteiger charge is -2.14. The van der Waals surface area contributed by atoms with Crippen molar-refractivity contribution in [2.24, 2.45) is 5.92 Å². The molecule has 0 aliphatic heterocycles. The van der Waals surface area contributed by atoms with Gasteiger partial charge in [0.2, 0.25) is 0 Å². The SMILES string of the molecule is CCCCC(CC)COC(=O)C(C=Cc1ccccc1)=CC=CC(=O)O. The summed E-state index contributed by atoms with van der Waals surface area (Å²) < 4.78 is 5.46. The zero-order valence-corrected chi connectivity index (χ0v) is 15.6. The van der Waals surface area contributed by atoms with E-state index in [1.54, 1.807) is 12.2 Å². The van der Waals surface area contributed by atoms with E-state index in [9.17, 15) is 9.59 Å². The molecule has 0 heterocycles. The number of carbonyl (C=O) groups is 2. The van der Waals surface area contributed by atoms with Gasteiger partial charge in [-0.05, 0) is 30.1 Å². The summed E-state index contributed by atoms with van der Waals surface area (Å²) in [5.74, 6) is -1.15. The van der Waals surface area contributed by atoms with Gasteiger partial charge in [-0.1, -0.05) is 75.6 Å². The lowest BCUT2D eigenvalue weighted by Crippen LogP contribution is -2.14. The highest BCUT2D eigenvalue weighted by Crippen LogP contribution is 2.14. The maximum absolute atomic E-state index is 12.4. The van der Waals surface area contributed by atoms with E-state index in [1.807, 2.05) is 30.3 Å². The number of hydrogen-bond acceptors (Lipinski definition) is 3. The Kier molecular flexibility index (Phi) is 10.5. The van der Waals surface area contributed by atoms with Crippen LogP contribution in [0.1, 0.15) is 45.1 Å². The molecule has 1 aromatic carbocycles. The molecule has 26 heavy (non-hydrogen) atoms. The highest BCUT2D eigenvalue weighted by Gasteiger charge is 2.12. The molecule has 4 nitrogen and oxygen atoms in total. The number of ether oxygens (including phenoxy) is 1. The lowest BCUT2D eigenvalue weighted by atomic mass is 10.0. The Labute approximate surface area is 155 Å². The maximum Gasteiger partial charge on any atom is 0.338 e. The van der Waals surface area contributed by atoms with Gasteiger partial charge in [0.25, 0.3) is 0 Å². The molecule has 0 saturated carbocycles. The Morgan fingerprint density at radius 1 is 1.15 bits per heavy atom. The average molecular weight is 356 g/mol. The van der Waals surface area contributed by atoms with Crippen LogP contribution in [0.2, 0.25) is 0 Å². The van der Waals surface area contributed by atoms with Gasteiger partial charge in [-0.15, -0.1) is 0 Å². The molecule has 0 saturated heterocycles. The summed E-state index contributed by atoms with van der Waals surface area (Å²) in [7, 11) is 0. The first-order chi connectivity index (χ1) is 12.6. The maximum atomic E-state index is 12.4. The Balaban J connectivity index is 2.81. The van der Waals surface area contributed by atoms with Crippen LogP contribution in [0.15, 0.2) is 60.2 Å². The van der Waals surface area contributed by atoms with Gasteiger partial charge < -0.3 is 9.84 Å². The van der Waals surface area contributed by atoms with E-state index in [0.29, 0.717) is 18.1 Å². The van der Waals surface area contributed by atoms with Gasteiger partial charge >= 0.3 is 11.9 Å². The van der Waals surface area contributed by atoms with Crippen LogP contribution in [0.3, 0.4) is 0 Å². The van der Waals surface area contributed by atoms with Crippen molar-refractivity contribution in [3.05, 3.63) is 65.8 Å². The zero-order valence-electron chi connectivity index (χ0n) is 15.6. The molecule has 0 aromatic heterocycles. The summed E-state index contributed by atoms with van der Waals surface area (Å²) >= 11 is 0. The Morgan fingerprint density at radius 2 is 1.88 bits per heavy atom. The Hall–Kier alpha value is -2.62. The first-order valence-electron chi connectivity index (χ1n) is 9.08. The molecule has 0 radical (unpaired) electrons. The van der Waals surface area contributed by atoms with E-state index in [0.717, 1.165) is 37.3 Å². The molecule has 1 N–H and O–H groups in total. The molecule has 0 aliphatic carbocycles. The number of hydrogen-bond donors (Lipinski definition) is 1. The molecule has 1 rings (SSSR count). The minimum atomic E-state index is -1.06. The van der Waals surface area contributed by atoms with E-state index < -0.39 is 11.9 Å². The van der Waals surface area contributed by atoms with Crippen LogP contribution in [0.25, 0.3) is 6.08 Å². The summed E-state index contributed by atoms with van der Waals surface area (Å²) in [6, 6.07) is 9.57.